The van der Waals surface area contributed by atoms with Crippen LogP contribution in [0.3, 0.4) is 0 Å². The summed E-state index contributed by atoms with van der Waals surface area (Å²) in [6.45, 7) is 5.08. The Balaban J connectivity index is 1.82. The molecule has 4 nitrogen and oxygen atoms in total. The maximum atomic E-state index is 13.1. The third-order valence-electron chi connectivity index (χ3n) is 6.03. The molecule has 3 fully saturated rings. The molecule has 3 aliphatic rings. The van der Waals surface area contributed by atoms with Crippen molar-refractivity contribution in [2.45, 2.75) is 76.8 Å². The van der Waals surface area contributed by atoms with E-state index in [4.69, 9.17) is 0 Å². The lowest BCUT2D eigenvalue weighted by molar-refractivity contribution is -0.156. The van der Waals surface area contributed by atoms with Gasteiger partial charge in [-0.25, -0.2) is 0 Å². The van der Waals surface area contributed by atoms with Gasteiger partial charge in [-0.15, -0.1) is 0 Å². The van der Waals surface area contributed by atoms with Gasteiger partial charge in [-0.1, -0.05) is 39.5 Å². The Morgan fingerprint density at radius 2 is 1.90 bits per heavy atom. The number of carbonyl (C=O) groups is 2. The van der Waals surface area contributed by atoms with Gasteiger partial charge in [-0.2, -0.15) is 0 Å². The third kappa shape index (κ3) is 2.47. The molecule has 0 aromatic rings. The number of carbonyl (C=O) groups excluding carboxylic acids is 2. The van der Waals surface area contributed by atoms with Crippen LogP contribution in [-0.4, -0.2) is 34.8 Å². The largest absolute Gasteiger partial charge is 0.340 e. The van der Waals surface area contributed by atoms with Crippen molar-refractivity contribution in [3.05, 3.63) is 0 Å². The fourth-order valence-electron chi connectivity index (χ4n) is 4.61. The van der Waals surface area contributed by atoms with Crippen LogP contribution in [0.1, 0.15) is 65.2 Å². The summed E-state index contributed by atoms with van der Waals surface area (Å²) in [5.74, 6) is 1.53. The lowest BCUT2D eigenvalue weighted by atomic mass is 9.88. The molecular weight excluding hydrogens is 264 g/mol. The van der Waals surface area contributed by atoms with E-state index in [0.29, 0.717) is 11.8 Å². The predicted molar refractivity (Wildman–Crippen MR) is 81.6 cm³/mol. The van der Waals surface area contributed by atoms with E-state index in [1.165, 1.54) is 19.3 Å². The zero-order valence-electron chi connectivity index (χ0n) is 13.4. The molecule has 118 valence electrons. The molecule has 2 saturated carbocycles. The Bertz CT molecular complexity index is 429. The first-order valence-corrected chi connectivity index (χ1v) is 8.70. The minimum atomic E-state index is -0.565. The molecule has 1 spiro atoms. The highest BCUT2D eigenvalue weighted by Crippen LogP contribution is 2.38. The zero-order valence-corrected chi connectivity index (χ0v) is 13.4. The van der Waals surface area contributed by atoms with Crippen LogP contribution in [0, 0.1) is 11.8 Å². The molecule has 0 aromatic carbocycles. The summed E-state index contributed by atoms with van der Waals surface area (Å²) in [7, 11) is 0. The first-order valence-electron chi connectivity index (χ1n) is 8.70. The average Bonchev–Trinajstić information content (AvgIpc) is 3.07. The summed E-state index contributed by atoms with van der Waals surface area (Å²) in [6, 6.07) is -0.253. The SMILES string of the molecule is CCC1C(=O)NC2(CCCC2)C(=O)N1CC1CCCC1C. The Kier molecular flexibility index (Phi) is 3.98. The molecule has 1 saturated heterocycles. The molecule has 3 unspecified atom stereocenters. The number of amides is 2. The molecule has 3 atom stereocenters. The third-order valence-corrected chi connectivity index (χ3v) is 6.03. The molecule has 1 aliphatic heterocycles. The Morgan fingerprint density at radius 3 is 2.48 bits per heavy atom. The summed E-state index contributed by atoms with van der Waals surface area (Å²) in [6.07, 6.45) is 8.20. The highest BCUT2D eigenvalue weighted by Gasteiger charge is 2.52. The topological polar surface area (TPSA) is 49.4 Å². The zero-order chi connectivity index (χ0) is 15.0. The van der Waals surface area contributed by atoms with Crippen molar-refractivity contribution in [3.8, 4) is 0 Å². The van der Waals surface area contributed by atoms with Gasteiger partial charge in [0.15, 0.2) is 0 Å². The molecule has 0 bridgehead atoms. The Morgan fingerprint density at radius 1 is 1.19 bits per heavy atom. The molecule has 2 amide bonds. The lowest BCUT2D eigenvalue weighted by Gasteiger charge is -2.45. The molecular formula is C17H28N2O2. The second-order valence-electron chi connectivity index (χ2n) is 7.33. The Labute approximate surface area is 127 Å². The van der Waals surface area contributed by atoms with Gasteiger partial charge in [0.1, 0.15) is 11.6 Å². The highest BCUT2D eigenvalue weighted by atomic mass is 16.2. The highest BCUT2D eigenvalue weighted by molar-refractivity contribution is 6.00. The van der Waals surface area contributed by atoms with Crippen LogP contribution in [-0.2, 0) is 9.59 Å². The molecule has 21 heavy (non-hydrogen) atoms. The number of hydrogen-bond donors (Lipinski definition) is 1. The van der Waals surface area contributed by atoms with E-state index >= 15 is 0 Å². The smallest absolute Gasteiger partial charge is 0.249 e. The number of rotatable bonds is 3. The van der Waals surface area contributed by atoms with Gasteiger partial charge in [0, 0.05) is 6.54 Å². The van der Waals surface area contributed by atoms with Gasteiger partial charge in [0.25, 0.3) is 0 Å². The fraction of sp³-hybridized carbons (Fsp3) is 0.882. The minimum absolute atomic E-state index is 0.0738. The minimum Gasteiger partial charge on any atom is -0.340 e. The average molecular weight is 292 g/mol. The first-order chi connectivity index (χ1) is 10.1. The normalized spacial score (nSPS) is 35.5. The van der Waals surface area contributed by atoms with E-state index < -0.39 is 5.54 Å². The molecule has 0 aromatic heterocycles. The van der Waals surface area contributed by atoms with Crippen molar-refractivity contribution < 1.29 is 9.59 Å². The van der Waals surface area contributed by atoms with Crippen LogP contribution in [0.4, 0.5) is 0 Å². The predicted octanol–water partition coefficient (Wildman–Crippen LogP) is 2.47. The van der Waals surface area contributed by atoms with Gasteiger partial charge in [-0.3, -0.25) is 9.59 Å². The molecule has 2 aliphatic carbocycles. The van der Waals surface area contributed by atoms with Crippen molar-refractivity contribution in [3.63, 3.8) is 0 Å². The van der Waals surface area contributed by atoms with E-state index in [0.717, 1.165) is 38.6 Å². The van der Waals surface area contributed by atoms with E-state index in [9.17, 15) is 9.59 Å². The number of nitrogens with zero attached hydrogens (tertiary/aromatic N) is 1. The summed E-state index contributed by atoms with van der Waals surface area (Å²) < 4.78 is 0. The van der Waals surface area contributed by atoms with Crippen molar-refractivity contribution in [1.29, 1.82) is 0 Å². The van der Waals surface area contributed by atoms with Gasteiger partial charge in [0.05, 0.1) is 0 Å². The van der Waals surface area contributed by atoms with Crippen LogP contribution in [0.25, 0.3) is 0 Å². The summed E-state index contributed by atoms with van der Waals surface area (Å²) in [5, 5.41) is 3.08. The standard InChI is InChI=1S/C17H28N2O2/c1-3-14-15(20)18-17(9-4-5-10-17)16(21)19(14)11-13-8-6-7-12(13)2/h12-14H,3-11H2,1-2H3,(H,18,20). The van der Waals surface area contributed by atoms with Gasteiger partial charge in [0.2, 0.25) is 11.8 Å². The lowest BCUT2D eigenvalue weighted by Crippen LogP contribution is -2.69. The van der Waals surface area contributed by atoms with E-state index in [1.807, 2.05) is 11.8 Å². The van der Waals surface area contributed by atoms with Crippen LogP contribution >= 0.6 is 0 Å². The van der Waals surface area contributed by atoms with Crippen molar-refractivity contribution in [2.24, 2.45) is 11.8 Å². The van der Waals surface area contributed by atoms with Crippen molar-refractivity contribution in [2.75, 3.05) is 6.54 Å². The fourth-order valence-corrected chi connectivity index (χ4v) is 4.61. The second kappa shape index (κ2) is 5.62. The molecule has 4 heteroatoms. The van der Waals surface area contributed by atoms with Crippen LogP contribution in [0.2, 0.25) is 0 Å². The molecule has 1 N–H and O–H groups in total. The molecule has 3 rings (SSSR count). The van der Waals surface area contributed by atoms with Crippen LogP contribution in [0.5, 0.6) is 0 Å². The molecule has 1 heterocycles. The van der Waals surface area contributed by atoms with E-state index in [-0.39, 0.29) is 17.9 Å². The van der Waals surface area contributed by atoms with Gasteiger partial charge in [-0.05, 0) is 37.5 Å². The number of hydrogen-bond acceptors (Lipinski definition) is 2. The van der Waals surface area contributed by atoms with Crippen LogP contribution in [0.15, 0.2) is 0 Å². The van der Waals surface area contributed by atoms with Crippen molar-refractivity contribution in [1.82, 2.24) is 10.2 Å². The van der Waals surface area contributed by atoms with Crippen molar-refractivity contribution >= 4 is 11.8 Å². The summed E-state index contributed by atoms with van der Waals surface area (Å²) >= 11 is 0. The molecule has 0 radical (unpaired) electrons. The monoisotopic (exact) mass is 292 g/mol. The number of piperazine rings is 1. The summed E-state index contributed by atoms with van der Waals surface area (Å²) in [5.41, 5.74) is -0.565. The second-order valence-corrected chi connectivity index (χ2v) is 7.33. The van der Waals surface area contributed by atoms with E-state index in [1.54, 1.807) is 0 Å². The van der Waals surface area contributed by atoms with Crippen LogP contribution < -0.4 is 5.32 Å². The quantitative estimate of drug-likeness (QED) is 0.868. The summed E-state index contributed by atoms with van der Waals surface area (Å²) in [4.78, 5) is 27.5. The first kappa shape index (κ1) is 14.9. The maximum absolute atomic E-state index is 13.1. The van der Waals surface area contributed by atoms with Gasteiger partial charge >= 0.3 is 0 Å². The van der Waals surface area contributed by atoms with E-state index in [2.05, 4.69) is 12.2 Å². The number of nitrogens with one attached hydrogen (secondary N) is 1. The van der Waals surface area contributed by atoms with Gasteiger partial charge < -0.3 is 10.2 Å². The Hall–Kier alpha value is -1.06. The maximum Gasteiger partial charge on any atom is 0.249 e.